The van der Waals surface area contributed by atoms with Crippen LogP contribution in [0.4, 0.5) is 0 Å². The van der Waals surface area contributed by atoms with Gasteiger partial charge in [-0.25, -0.2) is 0 Å². The Balaban J connectivity index is 0.000000652. The average molecular weight is 568 g/mol. The Morgan fingerprint density at radius 3 is 1.47 bits per heavy atom. The van der Waals surface area contributed by atoms with Crippen molar-refractivity contribution in [2.75, 3.05) is 0 Å². The van der Waals surface area contributed by atoms with Gasteiger partial charge in [0.25, 0.3) is 0 Å². The van der Waals surface area contributed by atoms with Crippen LogP contribution in [0.15, 0.2) is 72.8 Å². The zero-order valence-corrected chi connectivity index (χ0v) is 25.4. The number of fused-ring (bicyclic) bond motifs is 3. The third-order valence-electron chi connectivity index (χ3n) is 8.21. The first kappa shape index (κ1) is 32.5. The van der Waals surface area contributed by atoms with Crippen molar-refractivity contribution in [3.63, 3.8) is 0 Å². The van der Waals surface area contributed by atoms with E-state index in [2.05, 4.69) is 75.9 Å². The molecule has 4 heteroatoms. The molecule has 0 aliphatic heterocycles. The van der Waals surface area contributed by atoms with Crippen molar-refractivity contribution in [3.05, 3.63) is 84.0 Å². The largest absolute Gasteiger partial charge is 0.0149 e. The zero-order chi connectivity index (χ0) is 26.8. The molecular formula is C34H53NOSiTi. The number of hydrogen-bond donors (Lipinski definition) is 1. The summed E-state index contributed by atoms with van der Waals surface area (Å²) in [6, 6.07) is 17.7. The Morgan fingerprint density at radius 2 is 1.08 bits per heavy atom. The number of amides is 1. The minimum atomic E-state index is -2.70. The van der Waals surface area contributed by atoms with E-state index >= 15 is 0 Å². The normalized spacial score (nSPS) is 16.7. The van der Waals surface area contributed by atoms with Crippen LogP contribution < -0.4 is 3.80 Å². The van der Waals surface area contributed by atoms with Gasteiger partial charge in [-0.05, 0) is 24.8 Å². The molecular weight excluding hydrogens is 514 g/mol. The second kappa shape index (κ2) is 15.8. The summed E-state index contributed by atoms with van der Waals surface area (Å²) in [5.41, 5.74) is 7.70. The van der Waals surface area contributed by atoms with Crippen molar-refractivity contribution in [3.8, 4) is 11.1 Å². The summed E-state index contributed by atoms with van der Waals surface area (Å²) < 4.78 is 4.09. The van der Waals surface area contributed by atoms with Gasteiger partial charge in [-0.2, -0.15) is 0 Å². The third kappa shape index (κ3) is 8.93. The zero-order valence-electron chi connectivity index (χ0n) is 23.9. The quantitative estimate of drug-likeness (QED) is 0.291. The molecule has 2 aliphatic rings. The minimum absolute atomic E-state index is 0. The van der Waals surface area contributed by atoms with Crippen LogP contribution in [0.5, 0.6) is 0 Å². The summed E-state index contributed by atoms with van der Waals surface area (Å²) in [7, 11) is 0. The second-order valence-corrected chi connectivity index (χ2v) is 18.5. The number of nitrogens with one attached hydrogen (secondary N) is 1. The maximum absolute atomic E-state index is 13.5. The standard InChI is InChI=1S/C13H25NO.C13H9.C6H10.2CH3.H4Si.Ti/c14-13(15)12-10-8-6-4-2-1-3-5-7-9-11-12;1-3-7-12-10(5-1)9-11-6-2-4-8-13(11)12;1-5(2)6(3)4;;;;/h12H,1-11H2,(H2,14,15);1-9H;1,3H2,2,4H3;2*1H3;1H4;/q;;;;;;+1/p-1. The molecule has 208 valence electrons. The van der Waals surface area contributed by atoms with E-state index in [-0.39, 0.29) is 16.9 Å². The van der Waals surface area contributed by atoms with E-state index in [1.165, 1.54) is 80.0 Å². The van der Waals surface area contributed by atoms with Crippen LogP contribution in [0.3, 0.4) is 0 Å². The predicted octanol–water partition coefficient (Wildman–Crippen LogP) is 8.65. The van der Waals surface area contributed by atoms with Crippen LogP contribution in [-0.4, -0.2) is 16.9 Å². The van der Waals surface area contributed by atoms with Crippen molar-refractivity contribution in [2.24, 2.45) is 5.92 Å². The molecule has 1 fully saturated rings. The Hall–Kier alpha value is -1.68. The van der Waals surface area contributed by atoms with E-state index in [0.29, 0.717) is 10.1 Å². The molecule has 2 nitrogen and oxygen atoms in total. The molecule has 0 saturated heterocycles. The summed E-state index contributed by atoms with van der Waals surface area (Å²) in [4.78, 5) is 13.5. The fourth-order valence-electron chi connectivity index (χ4n) is 5.85. The fourth-order valence-corrected chi connectivity index (χ4v) is 10.6. The first-order chi connectivity index (χ1) is 17.7. The van der Waals surface area contributed by atoms with Gasteiger partial charge in [-0.3, -0.25) is 0 Å². The Labute approximate surface area is 241 Å². The molecule has 2 aliphatic carbocycles. The van der Waals surface area contributed by atoms with Crippen molar-refractivity contribution in [1.29, 1.82) is 0 Å². The van der Waals surface area contributed by atoms with E-state index < -0.39 is 16.8 Å². The average Bonchev–Trinajstić information content (AvgIpc) is 3.20. The predicted molar refractivity (Wildman–Crippen MR) is 169 cm³/mol. The van der Waals surface area contributed by atoms with Crippen LogP contribution in [-0.2, 0) is 21.6 Å². The van der Waals surface area contributed by atoms with E-state index in [9.17, 15) is 4.79 Å². The Morgan fingerprint density at radius 1 is 0.711 bits per heavy atom. The molecule has 4 rings (SSSR count). The van der Waals surface area contributed by atoms with E-state index in [4.69, 9.17) is 0 Å². The number of carbonyl (C=O) groups excluding carboxylic acids is 1. The topological polar surface area (TPSA) is 29.1 Å². The first-order valence-corrected chi connectivity index (χ1v) is 19.3. The van der Waals surface area contributed by atoms with Crippen LogP contribution in [0.2, 0.25) is 10.5 Å². The summed E-state index contributed by atoms with van der Waals surface area (Å²) >= 11 is -2.70. The Kier molecular flexibility index (Phi) is 13.5. The maximum Gasteiger partial charge on any atom is -0.0149 e. The van der Waals surface area contributed by atoms with Gasteiger partial charge in [0.05, 0.1) is 0 Å². The van der Waals surface area contributed by atoms with Crippen molar-refractivity contribution in [1.82, 2.24) is 3.80 Å². The van der Waals surface area contributed by atoms with Gasteiger partial charge in [0.15, 0.2) is 0 Å². The first-order valence-electron chi connectivity index (χ1n) is 14.5. The number of rotatable bonds is 4. The maximum atomic E-state index is 13.5. The molecule has 0 aromatic heterocycles. The van der Waals surface area contributed by atoms with Gasteiger partial charge in [-0.15, -0.1) is 0 Å². The van der Waals surface area contributed by atoms with Crippen LogP contribution in [0.1, 0.15) is 99.8 Å². The van der Waals surface area contributed by atoms with Gasteiger partial charge < -0.3 is 0 Å². The van der Waals surface area contributed by atoms with Crippen LogP contribution >= 0.6 is 0 Å². The molecule has 38 heavy (non-hydrogen) atoms. The molecule has 2 aromatic carbocycles. The molecule has 1 saturated carbocycles. The minimum Gasteiger partial charge on any atom is -0.0149 e. The molecule has 0 unspecified atom stereocenters. The number of benzene rings is 2. The molecule has 0 radical (unpaired) electrons. The monoisotopic (exact) mass is 567 g/mol. The fraction of sp³-hybridized carbons (Fsp3) is 0.500. The molecule has 1 N–H and O–H groups in total. The molecule has 1 amide bonds. The van der Waals surface area contributed by atoms with E-state index in [0.717, 1.165) is 24.0 Å². The summed E-state index contributed by atoms with van der Waals surface area (Å²) in [6.07, 6.45) is 14.0. The number of allylic oxidation sites excluding steroid dienone is 2. The van der Waals surface area contributed by atoms with E-state index in [1.54, 1.807) is 0 Å². The van der Waals surface area contributed by atoms with Gasteiger partial charge >= 0.3 is 193 Å². The molecule has 2 aromatic rings. The van der Waals surface area contributed by atoms with Gasteiger partial charge in [0, 0.05) is 0 Å². The third-order valence-corrected chi connectivity index (χ3v) is 12.8. The van der Waals surface area contributed by atoms with Gasteiger partial charge in [0.1, 0.15) is 0 Å². The summed E-state index contributed by atoms with van der Waals surface area (Å²) in [6.45, 7) is 11.2. The molecule has 0 bridgehead atoms. The summed E-state index contributed by atoms with van der Waals surface area (Å²) in [5.74, 6) is 0.556. The molecule has 0 heterocycles. The molecule has 0 atom stereocenters. The van der Waals surface area contributed by atoms with Crippen LogP contribution in [0.25, 0.3) is 11.1 Å². The number of carbonyl (C=O) groups is 1. The Bertz CT molecular complexity index is 1010. The number of hydrogen-bond acceptors (Lipinski definition) is 1. The SMILES string of the molecule is C=C(C)C(=C)C.[CH3][Ti]([CH3])([NH]C(=O)C1CCCCCCCCCCC1)[CH]1c2ccccc2-c2ccccc21.[SiH4]. The van der Waals surface area contributed by atoms with E-state index in [1.807, 2.05) is 13.8 Å². The smallest absolute Gasteiger partial charge is 0.0149 e. The molecule has 0 spiro atoms. The van der Waals surface area contributed by atoms with Crippen LogP contribution in [0, 0.1) is 5.92 Å². The van der Waals surface area contributed by atoms with Gasteiger partial charge in [-0.1, -0.05) is 24.3 Å². The van der Waals surface area contributed by atoms with Crippen molar-refractivity contribution in [2.45, 2.75) is 99.2 Å². The summed E-state index contributed by atoms with van der Waals surface area (Å²) in [5, 5.41) is 4.80. The van der Waals surface area contributed by atoms with Crippen molar-refractivity contribution < 1.29 is 21.6 Å². The second-order valence-electron chi connectivity index (χ2n) is 11.8. The van der Waals surface area contributed by atoms with Gasteiger partial charge in [0.2, 0.25) is 0 Å². The van der Waals surface area contributed by atoms with Crippen molar-refractivity contribution >= 4 is 16.9 Å².